The number of aliphatic carboxylic acids is 1. The lowest BCUT2D eigenvalue weighted by Crippen LogP contribution is -2.53. The fourth-order valence-electron chi connectivity index (χ4n) is 1.41. The summed E-state index contributed by atoms with van der Waals surface area (Å²) in [6.45, 7) is 1.20. The molecule has 6 nitrogen and oxygen atoms in total. The van der Waals surface area contributed by atoms with E-state index in [-0.39, 0.29) is 11.3 Å². The predicted octanol–water partition coefficient (Wildman–Crippen LogP) is -1.40. The number of nitrogens with one attached hydrogen (secondary N) is 1. The number of aliphatic hydroxyl groups is 1. The number of amides is 1. The molecule has 0 fully saturated rings. The molecule has 0 radical (unpaired) electrons. The first-order valence-corrected chi connectivity index (χ1v) is 5.36. The van der Waals surface area contributed by atoms with Gasteiger partial charge in [0.05, 0.1) is 23.7 Å². The first-order valence-electron chi connectivity index (χ1n) is 5.36. The molecule has 1 aromatic rings. The smallest absolute Gasteiger partial charge is 0.255 e. The van der Waals surface area contributed by atoms with Crippen LogP contribution >= 0.6 is 0 Å². The standard InChI is InChI=1S/C13H13NO5/c1-3-8-4-5-9(10(16)6-8)12(17)14-11(7(2)15)13(18)19/h1,4-7,11,15-16H,2H3,(H,14,17)(H,18,19)/p-1/t7-,11+/m0/s1. The molecule has 0 unspecified atom stereocenters. The third-order valence-corrected chi connectivity index (χ3v) is 2.43. The molecule has 2 atom stereocenters. The molecule has 0 aliphatic heterocycles. The number of carboxylic acid groups (broad SMARTS) is 1. The lowest BCUT2D eigenvalue weighted by Gasteiger charge is -2.22. The topological polar surface area (TPSA) is 110 Å². The molecule has 0 aliphatic rings. The second kappa shape index (κ2) is 5.89. The van der Waals surface area contributed by atoms with Crippen LogP contribution in [0.15, 0.2) is 18.2 Å². The van der Waals surface area contributed by atoms with Gasteiger partial charge in [0.1, 0.15) is 5.75 Å². The molecule has 0 aromatic heterocycles. The van der Waals surface area contributed by atoms with Gasteiger partial charge in [-0.15, -0.1) is 6.42 Å². The van der Waals surface area contributed by atoms with Gasteiger partial charge in [-0.2, -0.15) is 0 Å². The van der Waals surface area contributed by atoms with E-state index in [0.717, 1.165) is 0 Å². The number of rotatable bonds is 4. The highest BCUT2D eigenvalue weighted by atomic mass is 16.4. The van der Waals surface area contributed by atoms with Crippen molar-refractivity contribution >= 4 is 11.9 Å². The van der Waals surface area contributed by atoms with E-state index in [1.54, 1.807) is 0 Å². The van der Waals surface area contributed by atoms with E-state index < -0.39 is 24.0 Å². The zero-order chi connectivity index (χ0) is 14.6. The Hall–Kier alpha value is -2.52. The summed E-state index contributed by atoms with van der Waals surface area (Å²) in [7, 11) is 0. The lowest BCUT2D eigenvalue weighted by molar-refractivity contribution is -0.310. The average Bonchev–Trinajstić information content (AvgIpc) is 2.34. The van der Waals surface area contributed by atoms with Crippen LogP contribution in [0.5, 0.6) is 5.75 Å². The zero-order valence-corrected chi connectivity index (χ0v) is 10.1. The minimum atomic E-state index is -1.62. The van der Waals surface area contributed by atoms with Crippen LogP contribution in [0.25, 0.3) is 0 Å². The minimum absolute atomic E-state index is 0.147. The van der Waals surface area contributed by atoms with Crippen LogP contribution < -0.4 is 10.4 Å². The van der Waals surface area contributed by atoms with Crippen LogP contribution in [0.1, 0.15) is 22.8 Å². The molecule has 0 spiro atoms. The predicted molar refractivity (Wildman–Crippen MR) is 64.0 cm³/mol. The SMILES string of the molecule is C#Cc1ccc(C(=O)N[C@@H](C(=O)[O-])[C@H](C)O)c(O)c1. The van der Waals surface area contributed by atoms with Crippen molar-refractivity contribution in [2.45, 2.75) is 19.1 Å². The molecule has 0 aliphatic carbocycles. The summed E-state index contributed by atoms with van der Waals surface area (Å²) in [5, 5.41) is 31.6. The van der Waals surface area contributed by atoms with Crippen LogP contribution in [0.4, 0.5) is 0 Å². The number of hydrogen-bond donors (Lipinski definition) is 3. The van der Waals surface area contributed by atoms with Crippen molar-refractivity contribution in [1.29, 1.82) is 0 Å². The normalized spacial score (nSPS) is 13.1. The van der Waals surface area contributed by atoms with Gasteiger partial charge in [-0.3, -0.25) is 4.79 Å². The van der Waals surface area contributed by atoms with Crippen LogP contribution in [0.2, 0.25) is 0 Å². The lowest BCUT2D eigenvalue weighted by atomic mass is 10.1. The quantitative estimate of drug-likeness (QED) is 0.578. The van der Waals surface area contributed by atoms with Crippen LogP contribution in [-0.4, -0.2) is 34.2 Å². The van der Waals surface area contributed by atoms with Crippen molar-refractivity contribution in [3.05, 3.63) is 29.3 Å². The monoisotopic (exact) mass is 262 g/mol. The first kappa shape index (κ1) is 14.5. The Labute approximate surface area is 109 Å². The Bertz CT molecular complexity index is 544. The fourth-order valence-corrected chi connectivity index (χ4v) is 1.41. The molecule has 100 valence electrons. The molecule has 19 heavy (non-hydrogen) atoms. The molecule has 6 heteroatoms. The van der Waals surface area contributed by atoms with Gasteiger partial charge in [-0.1, -0.05) is 5.92 Å². The van der Waals surface area contributed by atoms with E-state index in [9.17, 15) is 24.9 Å². The number of aliphatic hydroxyl groups excluding tert-OH is 1. The second-order valence-corrected chi connectivity index (χ2v) is 3.89. The maximum Gasteiger partial charge on any atom is 0.255 e. The number of phenolic OH excluding ortho intramolecular Hbond substituents is 1. The first-order chi connectivity index (χ1) is 8.86. The van der Waals surface area contributed by atoms with Crippen molar-refractivity contribution < 1.29 is 24.9 Å². The van der Waals surface area contributed by atoms with Crippen molar-refractivity contribution in [2.75, 3.05) is 0 Å². The second-order valence-electron chi connectivity index (χ2n) is 3.89. The summed E-state index contributed by atoms with van der Waals surface area (Å²) in [6.07, 6.45) is 3.79. The summed E-state index contributed by atoms with van der Waals surface area (Å²) in [5.41, 5.74) is 0.229. The fraction of sp³-hybridized carbons (Fsp3) is 0.231. The van der Waals surface area contributed by atoms with Gasteiger partial charge in [0.2, 0.25) is 0 Å². The molecule has 1 amide bonds. The molecule has 1 aromatic carbocycles. The Morgan fingerprint density at radius 2 is 2.11 bits per heavy atom. The number of aromatic hydroxyl groups is 1. The molecule has 0 saturated carbocycles. The van der Waals surface area contributed by atoms with Crippen molar-refractivity contribution in [2.24, 2.45) is 0 Å². The number of carbonyl (C=O) groups excluding carboxylic acids is 2. The Kier molecular flexibility index (Phi) is 4.51. The zero-order valence-electron chi connectivity index (χ0n) is 10.1. The highest BCUT2D eigenvalue weighted by Crippen LogP contribution is 2.18. The van der Waals surface area contributed by atoms with E-state index in [1.807, 2.05) is 5.32 Å². The van der Waals surface area contributed by atoms with Gasteiger partial charge in [-0.25, -0.2) is 0 Å². The van der Waals surface area contributed by atoms with Gasteiger partial charge in [-0.05, 0) is 25.1 Å². The van der Waals surface area contributed by atoms with Crippen molar-refractivity contribution in [1.82, 2.24) is 5.32 Å². The third-order valence-electron chi connectivity index (χ3n) is 2.43. The summed E-state index contributed by atoms with van der Waals surface area (Å²) < 4.78 is 0. The van der Waals surface area contributed by atoms with Gasteiger partial charge in [0, 0.05) is 5.56 Å². The summed E-state index contributed by atoms with van der Waals surface area (Å²) >= 11 is 0. The average molecular weight is 262 g/mol. The van der Waals surface area contributed by atoms with E-state index in [2.05, 4.69) is 5.92 Å². The number of phenols is 1. The minimum Gasteiger partial charge on any atom is -0.548 e. The molecular weight excluding hydrogens is 250 g/mol. The molecular formula is C13H12NO5-. The summed E-state index contributed by atoms with van der Waals surface area (Å²) in [6, 6.07) is 2.31. The van der Waals surface area contributed by atoms with Crippen LogP contribution in [0, 0.1) is 12.3 Å². The van der Waals surface area contributed by atoms with Crippen LogP contribution in [0.3, 0.4) is 0 Å². The largest absolute Gasteiger partial charge is 0.548 e. The van der Waals surface area contributed by atoms with Gasteiger partial charge < -0.3 is 25.4 Å². The Balaban J connectivity index is 2.95. The van der Waals surface area contributed by atoms with Gasteiger partial charge in [0.15, 0.2) is 0 Å². The van der Waals surface area contributed by atoms with Crippen molar-refractivity contribution in [3.8, 4) is 18.1 Å². The van der Waals surface area contributed by atoms with Crippen molar-refractivity contribution in [3.63, 3.8) is 0 Å². The number of carbonyl (C=O) groups is 2. The molecule has 0 bridgehead atoms. The highest BCUT2D eigenvalue weighted by molar-refractivity contribution is 5.98. The maximum atomic E-state index is 11.8. The highest BCUT2D eigenvalue weighted by Gasteiger charge is 2.21. The molecule has 0 heterocycles. The number of terminal acetylenes is 1. The molecule has 0 saturated heterocycles. The summed E-state index contributed by atoms with van der Waals surface area (Å²) in [4.78, 5) is 22.5. The summed E-state index contributed by atoms with van der Waals surface area (Å²) in [5.74, 6) is -0.577. The molecule has 1 rings (SSSR count). The van der Waals surface area contributed by atoms with E-state index in [4.69, 9.17) is 6.42 Å². The third kappa shape index (κ3) is 3.47. The van der Waals surface area contributed by atoms with E-state index in [0.29, 0.717) is 5.56 Å². The maximum absolute atomic E-state index is 11.8. The molecule has 3 N–H and O–H groups in total. The van der Waals surface area contributed by atoms with E-state index >= 15 is 0 Å². The van der Waals surface area contributed by atoms with Crippen LogP contribution in [-0.2, 0) is 4.79 Å². The van der Waals surface area contributed by atoms with Gasteiger partial charge in [0.25, 0.3) is 5.91 Å². The van der Waals surface area contributed by atoms with E-state index in [1.165, 1.54) is 25.1 Å². The Morgan fingerprint density at radius 3 is 2.53 bits per heavy atom. The number of benzene rings is 1. The van der Waals surface area contributed by atoms with Gasteiger partial charge >= 0.3 is 0 Å². The number of hydrogen-bond acceptors (Lipinski definition) is 5. The number of carboxylic acids is 1. The Morgan fingerprint density at radius 1 is 1.47 bits per heavy atom.